The van der Waals surface area contributed by atoms with E-state index in [9.17, 15) is 14.7 Å². The Kier molecular flexibility index (Phi) is 5.08. The lowest BCUT2D eigenvalue weighted by Crippen LogP contribution is -2.35. The van der Waals surface area contributed by atoms with Crippen LogP contribution >= 0.6 is 11.6 Å². The molecule has 0 heterocycles. The first kappa shape index (κ1) is 16.4. The fourth-order valence-electron chi connectivity index (χ4n) is 2.53. The third-order valence-corrected chi connectivity index (χ3v) is 4.07. The Bertz CT molecular complexity index is 627. The van der Waals surface area contributed by atoms with Crippen molar-refractivity contribution in [1.82, 2.24) is 0 Å². The molecule has 0 aromatic heterocycles. The summed E-state index contributed by atoms with van der Waals surface area (Å²) >= 11 is 5.97. The van der Waals surface area contributed by atoms with Gasteiger partial charge in [-0.3, -0.25) is 9.59 Å². The molecule has 2 N–H and O–H groups in total. The maximum absolute atomic E-state index is 12.5. The summed E-state index contributed by atoms with van der Waals surface area (Å²) in [6, 6.07) is 5.39. The summed E-state index contributed by atoms with van der Waals surface area (Å²) in [5.41, 5.74) is 1.52. The molecular formula is C16H18ClNO4. The van der Waals surface area contributed by atoms with E-state index in [4.69, 9.17) is 16.3 Å². The largest absolute Gasteiger partial charge is 0.495 e. The van der Waals surface area contributed by atoms with Gasteiger partial charge in [0.1, 0.15) is 5.75 Å². The van der Waals surface area contributed by atoms with E-state index in [0.29, 0.717) is 16.5 Å². The topological polar surface area (TPSA) is 75.6 Å². The van der Waals surface area contributed by atoms with E-state index >= 15 is 0 Å². The summed E-state index contributed by atoms with van der Waals surface area (Å²) in [6.07, 6.45) is 2.16. The highest BCUT2D eigenvalue weighted by atomic mass is 35.5. The van der Waals surface area contributed by atoms with Crippen molar-refractivity contribution >= 4 is 29.2 Å². The molecule has 1 aromatic rings. The van der Waals surface area contributed by atoms with E-state index in [2.05, 4.69) is 5.32 Å². The van der Waals surface area contributed by atoms with Gasteiger partial charge in [0.15, 0.2) is 0 Å². The van der Waals surface area contributed by atoms with Crippen LogP contribution in [0.15, 0.2) is 29.3 Å². The predicted molar refractivity (Wildman–Crippen MR) is 84.1 cm³/mol. The van der Waals surface area contributed by atoms with Gasteiger partial charge in [0.2, 0.25) is 5.91 Å². The molecule has 2 rings (SSSR count). The highest BCUT2D eigenvalue weighted by molar-refractivity contribution is 6.29. The standard InChI is InChI=1S/C16H18ClNO4/c1-9-3-6-13(14(7-9)22-2)18-15(19)12-8-10(17)4-5-11(12)16(20)21/h3-4,6-7,11-12H,5,8H2,1-2H3,(H,18,19)(H,20,21). The van der Waals surface area contributed by atoms with Gasteiger partial charge in [-0.15, -0.1) is 0 Å². The van der Waals surface area contributed by atoms with Crippen molar-refractivity contribution in [2.75, 3.05) is 12.4 Å². The molecular weight excluding hydrogens is 306 g/mol. The van der Waals surface area contributed by atoms with Crippen LogP contribution in [-0.4, -0.2) is 24.1 Å². The quantitative estimate of drug-likeness (QED) is 0.892. The van der Waals surface area contributed by atoms with Gasteiger partial charge in [0.25, 0.3) is 0 Å². The van der Waals surface area contributed by atoms with Crippen LogP contribution in [0.4, 0.5) is 5.69 Å². The number of hydrogen-bond acceptors (Lipinski definition) is 3. The molecule has 118 valence electrons. The molecule has 0 bridgehead atoms. The molecule has 1 aromatic carbocycles. The first-order chi connectivity index (χ1) is 10.4. The number of methoxy groups -OCH3 is 1. The van der Waals surface area contributed by atoms with Gasteiger partial charge in [-0.25, -0.2) is 0 Å². The Balaban J connectivity index is 2.20. The van der Waals surface area contributed by atoms with Crippen LogP contribution in [0.25, 0.3) is 0 Å². The molecule has 0 saturated heterocycles. The number of rotatable bonds is 4. The fourth-order valence-corrected chi connectivity index (χ4v) is 2.79. The predicted octanol–water partition coefficient (Wildman–Crippen LogP) is 3.18. The first-order valence-corrected chi connectivity index (χ1v) is 7.33. The van der Waals surface area contributed by atoms with Crippen LogP contribution in [0, 0.1) is 18.8 Å². The van der Waals surface area contributed by atoms with Gasteiger partial charge < -0.3 is 15.2 Å². The molecule has 1 aliphatic rings. The number of nitrogens with one attached hydrogen (secondary N) is 1. The van der Waals surface area contributed by atoms with Crippen molar-refractivity contribution in [3.63, 3.8) is 0 Å². The van der Waals surface area contributed by atoms with Crippen LogP contribution in [0.5, 0.6) is 5.75 Å². The summed E-state index contributed by atoms with van der Waals surface area (Å²) in [7, 11) is 1.52. The molecule has 2 atom stereocenters. The van der Waals surface area contributed by atoms with Crippen LogP contribution in [0.2, 0.25) is 0 Å². The van der Waals surface area contributed by atoms with E-state index in [-0.39, 0.29) is 18.7 Å². The summed E-state index contributed by atoms with van der Waals surface area (Å²) in [5.74, 6) is -2.27. The fraction of sp³-hybridized carbons (Fsp3) is 0.375. The first-order valence-electron chi connectivity index (χ1n) is 6.95. The molecule has 0 aliphatic heterocycles. The average molecular weight is 324 g/mol. The number of ether oxygens (including phenoxy) is 1. The third kappa shape index (κ3) is 3.60. The minimum Gasteiger partial charge on any atom is -0.495 e. The average Bonchev–Trinajstić information content (AvgIpc) is 2.48. The minimum atomic E-state index is -0.989. The number of benzene rings is 1. The summed E-state index contributed by atoms with van der Waals surface area (Å²) < 4.78 is 5.24. The van der Waals surface area contributed by atoms with Gasteiger partial charge in [-0.05, 0) is 37.5 Å². The zero-order chi connectivity index (χ0) is 16.3. The Hall–Kier alpha value is -2.01. The molecule has 6 heteroatoms. The van der Waals surface area contributed by atoms with Gasteiger partial charge in [0.05, 0.1) is 24.6 Å². The molecule has 5 nitrogen and oxygen atoms in total. The summed E-state index contributed by atoms with van der Waals surface area (Å²) in [4.78, 5) is 23.8. The molecule has 1 aliphatic carbocycles. The number of anilines is 1. The highest BCUT2D eigenvalue weighted by Gasteiger charge is 2.36. The van der Waals surface area contributed by atoms with Crippen molar-refractivity contribution in [1.29, 1.82) is 0 Å². The summed E-state index contributed by atoms with van der Waals surface area (Å²) in [5, 5.41) is 12.5. The SMILES string of the molecule is COc1cc(C)ccc1NC(=O)C1CC(Cl)=CCC1C(=O)O. The maximum atomic E-state index is 12.5. The lowest BCUT2D eigenvalue weighted by Gasteiger charge is -2.26. The number of carboxylic acids is 1. The molecule has 1 amide bonds. The van der Waals surface area contributed by atoms with Crippen LogP contribution in [0.3, 0.4) is 0 Å². The smallest absolute Gasteiger partial charge is 0.307 e. The Morgan fingerprint density at radius 1 is 1.36 bits per heavy atom. The lowest BCUT2D eigenvalue weighted by molar-refractivity contribution is -0.146. The Morgan fingerprint density at radius 2 is 2.09 bits per heavy atom. The number of amides is 1. The van der Waals surface area contributed by atoms with Crippen LogP contribution in [-0.2, 0) is 9.59 Å². The second kappa shape index (κ2) is 6.83. The second-order valence-electron chi connectivity index (χ2n) is 5.34. The monoisotopic (exact) mass is 323 g/mol. The minimum absolute atomic E-state index is 0.235. The number of halogens is 1. The zero-order valence-electron chi connectivity index (χ0n) is 12.4. The van der Waals surface area contributed by atoms with Crippen molar-refractivity contribution in [3.8, 4) is 5.75 Å². The highest BCUT2D eigenvalue weighted by Crippen LogP contribution is 2.34. The normalized spacial score (nSPS) is 21.0. The second-order valence-corrected chi connectivity index (χ2v) is 5.82. The number of hydrogen-bond donors (Lipinski definition) is 2. The number of allylic oxidation sites excluding steroid dienone is 2. The molecule has 0 spiro atoms. The third-order valence-electron chi connectivity index (χ3n) is 3.76. The number of carboxylic acid groups (broad SMARTS) is 1. The zero-order valence-corrected chi connectivity index (χ0v) is 13.2. The molecule has 0 saturated carbocycles. The maximum Gasteiger partial charge on any atom is 0.307 e. The molecule has 0 fully saturated rings. The van der Waals surface area contributed by atoms with E-state index in [1.807, 2.05) is 13.0 Å². The number of carbonyl (C=O) groups is 2. The van der Waals surface area contributed by atoms with Gasteiger partial charge in [0, 0.05) is 5.03 Å². The van der Waals surface area contributed by atoms with Crippen molar-refractivity contribution < 1.29 is 19.4 Å². The Labute approximate surface area is 133 Å². The van der Waals surface area contributed by atoms with E-state index in [1.165, 1.54) is 7.11 Å². The van der Waals surface area contributed by atoms with Gasteiger partial charge in [-0.1, -0.05) is 23.7 Å². The van der Waals surface area contributed by atoms with Crippen molar-refractivity contribution in [2.45, 2.75) is 19.8 Å². The lowest BCUT2D eigenvalue weighted by atomic mass is 9.82. The molecule has 0 radical (unpaired) electrons. The van der Waals surface area contributed by atoms with Gasteiger partial charge >= 0.3 is 5.97 Å². The molecule has 22 heavy (non-hydrogen) atoms. The number of aryl methyl sites for hydroxylation is 1. The molecule has 2 unspecified atom stereocenters. The van der Waals surface area contributed by atoms with Crippen LogP contribution < -0.4 is 10.1 Å². The number of carbonyl (C=O) groups excluding carboxylic acids is 1. The van der Waals surface area contributed by atoms with Crippen LogP contribution in [0.1, 0.15) is 18.4 Å². The van der Waals surface area contributed by atoms with E-state index in [1.54, 1.807) is 18.2 Å². The Morgan fingerprint density at radius 3 is 2.73 bits per heavy atom. The summed E-state index contributed by atoms with van der Waals surface area (Å²) in [6.45, 7) is 1.92. The van der Waals surface area contributed by atoms with Crippen molar-refractivity contribution in [3.05, 3.63) is 34.9 Å². The van der Waals surface area contributed by atoms with E-state index < -0.39 is 17.8 Å². The van der Waals surface area contributed by atoms with Gasteiger partial charge in [-0.2, -0.15) is 0 Å². The van der Waals surface area contributed by atoms with E-state index in [0.717, 1.165) is 5.56 Å². The van der Waals surface area contributed by atoms with Crippen molar-refractivity contribution in [2.24, 2.45) is 11.8 Å². The number of aliphatic carboxylic acids is 1.